The molecule has 1 atom stereocenters. The van der Waals surface area contributed by atoms with Gasteiger partial charge in [-0.2, -0.15) is 0 Å². The Bertz CT molecular complexity index is 633. The summed E-state index contributed by atoms with van der Waals surface area (Å²) in [6.07, 6.45) is 0. The molecule has 0 radical (unpaired) electrons. The minimum Gasteiger partial charge on any atom is -0.376 e. The van der Waals surface area contributed by atoms with E-state index in [1.54, 1.807) is 0 Å². The number of nitrogens with zero attached hydrogens (tertiary/aromatic N) is 2. The first-order chi connectivity index (χ1) is 9.69. The fourth-order valence-corrected chi connectivity index (χ4v) is 2.86. The zero-order chi connectivity index (χ0) is 14.1. The molecule has 1 aliphatic rings. The molecule has 0 bridgehead atoms. The van der Waals surface area contributed by atoms with E-state index in [0.717, 1.165) is 27.1 Å². The summed E-state index contributed by atoms with van der Waals surface area (Å²) in [7, 11) is 1.82. The topological polar surface area (TPSA) is 47.0 Å². The molecular formula is C14H13BrClN3O. The van der Waals surface area contributed by atoms with Crippen molar-refractivity contribution in [1.82, 2.24) is 9.97 Å². The number of halogens is 2. The number of aromatic nitrogens is 2. The molecule has 4 nitrogen and oxygen atoms in total. The van der Waals surface area contributed by atoms with Crippen molar-refractivity contribution in [2.75, 3.05) is 19.0 Å². The van der Waals surface area contributed by atoms with Crippen molar-refractivity contribution in [3.63, 3.8) is 0 Å². The van der Waals surface area contributed by atoms with Crippen molar-refractivity contribution >= 4 is 33.3 Å². The fraction of sp³-hybridized carbons (Fsp3) is 0.286. The van der Waals surface area contributed by atoms with Crippen molar-refractivity contribution in [2.45, 2.75) is 12.5 Å². The van der Waals surface area contributed by atoms with Crippen LogP contribution in [0.2, 0.25) is 5.28 Å². The van der Waals surface area contributed by atoms with Crippen LogP contribution in [0.15, 0.2) is 28.7 Å². The maximum absolute atomic E-state index is 6.03. The molecule has 2 heterocycles. The number of ether oxygens (including phenoxy) is 1. The number of fused-ring (bicyclic) bond motifs is 1. The molecule has 1 unspecified atom stereocenters. The highest BCUT2D eigenvalue weighted by Gasteiger charge is 2.27. The van der Waals surface area contributed by atoms with Gasteiger partial charge in [0.25, 0.3) is 0 Å². The number of nitrogens with one attached hydrogen (secondary N) is 1. The second kappa shape index (κ2) is 5.68. The van der Waals surface area contributed by atoms with Gasteiger partial charge in [0, 0.05) is 17.1 Å². The van der Waals surface area contributed by atoms with Crippen LogP contribution in [0.4, 0.5) is 5.82 Å². The van der Waals surface area contributed by atoms with Crippen LogP contribution in [-0.2, 0) is 11.3 Å². The van der Waals surface area contributed by atoms with Crippen molar-refractivity contribution in [3.05, 3.63) is 50.8 Å². The Morgan fingerprint density at radius 1 is 1.30 bits per heavy atom. The Morgan fingerprint density at radius 3 is 2.75 bits per heavy atom. The Balaban J connectivity index is 2.09. The molecule has 0 aliphatic carbocycles. The third-order valence-corrected chi connectivity index (χ3v) is 4.08. The van der Waals surface area contributed by atoms with Crippen LogP contribution in [0.1, 0.15) is 22.7 Å². The van der Waals surface area contributed by atoms with Gasteiger partial charge in [-0.05, 0) is 29.3 Å². The van der Waals surface area contributed by atoms with Crippen molar-refractivity contribution in [1.29, 1.82) is 0 Å². The molecule has 0 fully saturated rings. The normalized spacial score (nSPS) is 17.6. The zero-order valence-corrected chi connectivity index (χ0v) is 13.2. The Morgan fingerprint density at radius 2 is 2.05 bits per heavy atom. The largest absolute Gasteiger partial charge is 0.376 e. The molecule has 0 saturated carbocycles. The van der Waals surface area contributed by atoms with Gasteiger partial charge >= 0.3 is 0 Å². The first kappa shape index (κ1) is 13.8. The maximum Gasteiger partial charge on any atom is 0.224 e. The molecule has 2 aromatic rings. The van der Waals surface area contributed by atoms with Crippen LogP contribution >= 0.6 is 27.5 Å². The SMILES string of the molecule is CNc1nc(Cl)nc2c1COCC2c1ccc(Br)cc1. The Kier molecular flexibility index (Phi) is 3.92. The summed E-state index contributed by atoms with van der Waals surface area (Å²) in [5, 5.41) is 3.32. The molecule has 20 heavy (non-hydrogen) atoms. The third-order valence-electron chi connectivity index (χ3n) is 3.38. The van der Waals surface area contributed by atoms with Gasteiger partial charge in [-0.25, -0.2) is 9.97 Å². The Labute approximate surface area is 130 Å². The molecule has 0 spiro atoms. The highest BCUT2D eigenvalue weighted by atomic mass is 79.9. The number of hydrogen-bond acceptors (Lipinski definition) is 4. The van der Waals surface area contributed by atoms with Gasteiger partial charge in [0.2, 0.25) is 5.28 Å². The van der Waals surface area contributed by atoms with Crippen LogP contribution in [0, 0.1) is 0 Å². The highest BCUT2D eigenvalue weighted by molar-refractivity contribution is 9.10. The molecule has 104 valence electrons. The van der Waals surface area contributed by atoms with Crippen LogP contribution in [-0.4, -0.2) is 23.6 Å². The molecular weight excluding hydrogens is 342 g/mol. The van der Waals surface area contributed by atoms with E-state index in [-0.39, 0.29) is 11.2 Å². The molecule has 1 N–H and O–H groups in total. The molecule has 1 aromatic heterocycles. The van der Waals surface area contributed by atoms with E-state index in [1.165, 1.54) is 0 Å². The third kappa shape index (κ3) is 2.53. The standard InChI is InChI=1S/C14H13BrClN3O/c1-17-13-11-7-20-6-10(12(11)18-14(16)19-13)8-2-4-9(15)5-3-8/h2-5,10H,6-7H2,1H3,(H,17,18,19). The lowest BCUT2D eigenvalue weighted by atomic mass is 9.92. The van der Waals surface area contributed by atoms with Gasteiger partial charge in [0.1, 0.15) is 5.82 Å². The molecule has 6 heteroatoms. The van der Waals surface area contributed by atoms with Gasteiger partial charge in [-0.1, -0.05) is 28.1 Å². The summed E-state index contributed by atoms with van der Waals surface area (Å²) in [6, 6.07) is 8.18. The van der Waals surface area contributed by atoms with Crippen LogP contribution in [0.5, 0.6) is 0 Å². The lowest BCUT2D eigenvalue weighted by molar-refractivity contribution is 0.0978. The Hall–Kier alpha value is -1.17. The summed E-state index contributed by atoms with van der Waals surface area (Å²) in [5.74, 6) is 0.821. The average Bonchev–Trinajstić information content (AvgIpc) is 2.46. The monoisotopic (exact) mass is 353 g/mol. The summed E-state index contributed by atoms with van der Waals surface area (Å²) in [5.41, 5.74) is 3.09. The summed E-state index contributed by atoms with van der Waals surface area (Å²) >= 11 is 9.48. The first-order valence-corrected chi connectivity index (χ1v) is 7.43. The number of rotatable bonds is 2. The molecule has 3 rings (SSSR count). The summed E-state index contributed by atoms with van der Waals surface area (Å²) in [4.78, 5) is 8.63. The smallest absolute Gasteiger partial charge is 0.224 e. The second-order valence-corrected chi connectivity index (χ2v) is 5.83. The van der Waals surface area contributed by atoms with Crippen LogP contribution in [0.25, 0.3) is 0 Å². The van der Waals surface area contributed by atoms with Gasteiger partial charge in [0.05, 0.1) is 24.8 Å². The van der Waals surface area contributed by atoms with Gasteiger partial charge < -0.3 is 10.1 Å². The van der Waals surface area contributed by atoms with E-state index < -0.39 is 0 Å². The fourth-order valence-electron chi connectivity index (χ4n) is 2.42. The molecule has 1 aromatic carbocycles. The number of anilines is 1. The first-order valence-electron chi connectivity index (χ1n) is 6.26. The number of hydrogen-bond donors (Lipinski definition) is 1. The van der Waals surface area contributed by atoms with E-state index in [0.29, 0.717) is 13.2 Å². The van der Waals surface area contributed by atoms with E-state index in [1.807, 2.05) is 19.2 Å². The zero-order valence-electron chi connectivity index (χ0n) is 10.9. The van der Waals surface area contributed by atoms with Gasteiger partial charge in [-0.15, -0.1) is 0 Å². The molecule has 1 aliphatic heterocycles. The van der Waals surface area contributed by atoms with Crippen LogP contribution in [0.3, 0.4) is 0 Å². The predicted molar refractivity (Wildman–Crippen MR) is 82.2 cm³/mol. The minimum absolute atomic E-state index is 0.0828. The molecule has 0 amide bonds. The minimum atomic E-state index is 0.0828. The van der Waals surface area contributed by atoms with Crippen molar-refractivity contribution in [3.8, 4) is 0 Å². The molecule has 0 saturated heterocycles. The second-order valence-electron chi connectivity index (χ2n) is 4.57. The van der Waals surface area contributed by atoms with E-state index in [4.69, 9.17) is 16.3 Å². The number of benzene rings is 1. The lowest BCUT2D eigenvalue weighted by Crippen LogP contribution is -2.21. The average molecular weight is 355 g/mol. The van der Waals surface area contributed by atoms with Crippen molar-refractivity contribution < 1.29 is 4.74 Å². The quantitative estimate of drug-likeness (QED) is 0.837. The maximum atomic E-state index is 6.03. The van der Waals surface area contributed by atoms with Crippen LogP contribution < -0.4 is 5.32 Å². The van der Waals surface area contributed by atoms with E-state index in [9.17, 15) is 0 Å². The van der Waals surface area contributed by atoms with E-state index in [2.05, 4.69) is 43.3 Å². The predicted octanol–water partition coefficient (Wildman–Crippen LogP) is 3.60. The summed E-state index contributed by atoms with van der Waals surface area (Å²) < 4.78 is 6.75. The lowest BCUT2D eigenvalue weighted by Gasteiger charge is -2.26. The van der Waals surface area contributed by atoms with E-state index >= 15 is 0 Å². The van der Waals surface area contributed by atoms with Gasteiger partial charge in [0.15, 0.2) is 0 Å². The van der Waals surface area contributed by atoms with Crippen molar-refractivity contribution in [2.24, 2.45) is 0 Å². The summed E-state index contributed by atoms with van der Waals surface area (Å²) in [6.45, 7) is 1.11. The van der Waals surface area contributed by atoms with Gasteiger partial charge in [-0.3, -0.25) is 0 Å². The highest BCUT2D eigenvalue weighted by Crippen LogP contribution is 2.34.